The largest absolute Gasteiger partial charge is 0.497 e. The average molecular weight is 306 g/mol. The van der Waals surface area contributed by atoms with Crippen LogP contribution < -0.4 is 15.2 Å². The van der Waals surface area contributed by atoms with Crippen molar-refractivity contribution in [1.82, 2.24) is 0 Å². The highest BCUT2D eigenvalue weighted by atomic mass is 32.2. The summed E-state index contributed by atoms with van der Waals surface area (Å²) in [5, 5.41) is 0. The Hall–Kier alpha value is -2.21. The van der Waals surface area contributed by atoms with Gasteiger partial charge in [-0.25, -0.2) is 8.42 Å². The van der Waals surface area contributed by atoms with E-state index in [1.54, 1.807) is 57.4 Å². The number of hydrogen-bond donors (Lipinski definition) is 2. The quantitative estimate of drug-likeness (QED) is 0.851. The molecule has 0 fully saturated rings. The molecule has 0 saturated heterocycles. The molecule has 2 rings (SSSR count). The van der Waals surface area contributed by atoms with E-state index in [1.165, 1.54) is 0 Å². The van der Waals surface area contributed by atoms with E-state index < -0.39 is 10.0 Å². The molecule has 0 heterocycles. The molecule has 0 spiro atoms. The second-order valence-corrected chi connectivity index (χ2v) is 6.40. The maximum absolute atomic E-state index is 12.5. The average Bonchev–Trinajstić information content (AvgIpc) is 2.43. The fraction of sp³-hybridized carbons (Fsp3) is 0.200. The molecular formula is C15H18N2O3S. The van der Waals surface area contributed by atoms with Crippen LogP contribution in [0.1, 0.15) is 11.1 Å². The lowest BCUT2D eigenvalue weighted by molar-refractivity contribution is 0.415. The minimum Gasteiger partial charge on any atom is -0.497 e. The summed E-state index contributed by atoms with van der Waals surface area (Å²) in [6.45, 7) is 3.50. The van der Waals surface area contributed by atoms with Crippen molar-refractivity contribution in [1.29, 1.82) is 0 Å². The number of aryl methyl sites for hydroxylation is 2. The van der Waals surface area contributed by atoms with Crippen molar-refractivity contribution < 1.29 is 13.2 Å². The lowest BCUT2D eigenvalue weighted by Gasteiger charge is -2.14. The third-order valence-electron chi connectivity index (χ3n) is 3.22. The summed E-state index contributed by atoms with van der Waals surface area (Å²) in [5.74, 6) is 0.657. The number of rotatable bonds is 4. The Kier molecular flexibility index (Phi) is 4.09. The Labute approximate surface area is 124 Å². The van der Waals surface area contributed by atoms with Gasteiger partial charge in [0.25, 0.3) is 10.0 Å². The topological polar surface area (TPSA) is 81.4 Å². The van der Waals surface area contributed by atoms with E-state index >= 15 is 0 Å². The SMILES string of the molecule is COc1ccc(NS(=O)(=O)c2c(C)ccc(C)c2N)cc1. The molecule has 0 bridgehead atoms. The van der Waals surface area contributed by atoms with Gasteiger partial charge in [-0.15, -0.1) is 0 Å². The first-order valence-corrected chi connectivity index (χ1v) is 7.86. The van der Waals surface area contributed by atoms with E-state index in [2.05, 4.69) is 4.72 Å². The first-order chi connectivity index (χ1) is 9.85. The number of anilines is 2. The summed E-state index contributed by atoms with van der Waals surface area (Å²) >= 11 is 0. The highest BCUT2D eigenvalue weighted by Crippen LogP contribution is 2.28. The molecule has 2 aromatic carbocycles. The van der Waals surface area contributed by atoms with Crippen molar-refractivity contribution in [2.24, 2.45) is 0 Å². The molecule has 112 valence electrons. The van der Waals surface area contributed by atoms with E-state index in [1.807, 2.05) is 0 Å². The second kappa shape index (κ2) is 5.65. The standard InChI is InChI=1S/C15H18N2O3S/c1-10-4-5-11(2)15(14(10)16)21(18,19)17-12-6-8-13(20-3)9-7-12/h4-9,17H,16H2,1-3H3. The molecule has 0 atom stereocenters. The first kappa shape index (κ1) is 15.2. The van der Waals surface area contributed by atoms with Crippen molar-refractivity contribution in [3.05, 3.63) is 47.5 Å². The van der Waals surface area contributed by atoms with E-state index in [4.69, 9.17) is 10.5 Å². The number of nitrogens with one attached hydrogen (secondary N) is 1. The number of ether oxygens (including phenoxy) is 1. The predicted octanol–water partition coefficient (Wildman–Crippen LogP) is 2.70. The molecule has 0 radical (unpaired) electrons. The molecule has 0 aliphatic carbocycles. The summed E-state index contributed by atoms with van der Waals surface area (Å²) in [7, 11) is -2.18. The zero-order valence-electron chi connectivity index (χ0n) is 12.2. The van der Waals surface area contributed by atoms with Crippen LogP contribution in [-0.2, 0) is 10.0 Å². The van der Waals surface area contributed by atoms with Gasteiger partial charge in [0.1, 0.15) is 10.6 Å². The first-order valence-electron chi connectivity index (χ1n) is 6.37. The maximum Gasteiger partial charge on any atom is 0.264 e. The molecule has 0 aliphatic heterocycles. The van der Waals surface area contributed by atoms with Crippen LogP contribution in [0, 0.1) is 13.8 Å². The van der Waals surface area contributed by atoms with Gasteiger partial charge in [-0.05, 0) is 49.2 Å². The second-order valence-electron chi connectivity index (χ2n) is 4.78. The number of nitrogen functional groups attached to an aromatic ring is 1. The van der Waals surface area contributed by atoms with Gasteiger partial charge in [0, 0.05) is 5.69 Å². The van der Waals surface area contributed by atoms with Gasteiger partial charge in [0.05, 0.1) is 12.8 Å². The monoisotopic (exact) mass is 306 g/mol. The van der Waals surface area contributed by atoms with Crippen LogP contribution in [0.15, 0.2) is 41.3 Å². The van der Waals surface area contributed by atoms with E-state index in [0.29, 0.717) is 17.0 Å². The summed E-state index contributed by atoms with van der Waals surface area (Å²) in [5.41, 5.74) is 8.00. The number of nitrogens with two attached hydrogens (primary N) is 1. The van der Waals surface area contributed by atoms with Crippen LogP contribution in [0.2, 0.25) is 0 Å². The molecule has 21 heavy (non-hydrogen) atoms. The Bertz CT molecular complexity index is 753. The van der Waals surface area contributed by atoms with Crippen molar-refractivity contribution in [2.75, 3.05) is 17.6 Å². The number of hydrogen-bond acceptors (Lipinski definition) is 4. The highest BCUT2D eigenvalue weighted by molar-refractivity contribution is 7.93. The number of benzene rings is 2. The Morgan fingerprint density at radius 1 is 1.00 bits per heavy atom. The van der Waals surface area contributed by atoms with Gasteiger partial charge in [-0.2, -0.15) is 0 Å². The summed E-state index contributed by atoms with van der Waals surface area (Å²) < 4.78 is 32.6. The minimum atomic E-state index is -3.73. The number of methoxy groups -OCH3 is 1. The third-order valence-corrected chi connectivity index (χ3v) is 4.81. The summed E-state index contributed by atoms with van der Waals surface area (Å²) in [4.78, 5) is 0.123. The zero-order chi connectivity index (χ0) is 15.6. The third kappa shape index (κ3) is 3.11. The predicted molar refractivity (Wildman–Crippen MR) is 84.1 cm³/mol. The van der Waals surface area contributed by atoms with Gasteiger partial charge in [-0.3, -0.25) is 4.72 Å². The molecular weight excluding hydrogens is 288 g/mol. The maximum atomic E-state index is 12.5. The van der Waals surface area contributed by atoms with Crippen molar-refractivity contribution in [2.45, 2.75) is 18.7 Å². The fourth-order valence-corrected chi connectivity index (χ4v) is 3.52. The van der Waals surface area contributed by atoms with E-state index in [-0.39, 0.29) is 10.6 Å². The van der Waals surface area contributed by atoms with E-state index in [9.17, 15) is 8.42 Å². The van der Waals surface area contributed by atoms with Crippen LogP contribution in [-0.4, -0.2) is 15.5 Å². The molecule has 0 aliphatic rings. The fourth-order valence-electron chi connectivity index (χ4n) is 2.03. The minimum absolute atomic E-state index is 0.123. The summed E-state index contributed by atoms with van der Waals surface area (Å²) in [6, 6.07) is 10.2. The van der Waals surface area contributed by atoms with Gasteiger partial charge in [0.15, 0.2) is 0 Å². The van der Waals surface area contributed by atoms with Crippen molar-refractivity contribution in [3.8, 4) is 5.75 Å². The van der Waals surface area contributed by atoms with E-state index in [0.717, 1.165) is 5.56 Å². The van der Waals surface area contributed by atoms with Gasteiger partial charge in [-0.1, -0.05) is 12.1 Å². The molecule has 5 nitrogen and oxygen atoms in total. The Morgan fingerprint density at radius 2 is 1.57 bits per heavy atom. The van der Waals surface area contributed by atoms with Crippen molar-refractivity contribution >= 4 is 21.4 Å². The molecule has 0 saturated carbocycles. The lowest BCUT2D eigenvalue weighted by Crippen LogP contribution is -2.16. The van der Waals surface area contributed by atoms with Gasteiger partial charge in [0.2, 0.25) is 0 Å². The molecule has 0 amide bonds. The molecule has 3 N–H and O–H groups in total. The van der Waals surface area contributed by atoms with Crippen LogP contribution in [0.5, 0.6) is 5.75 Å². The van der Waals surface area contributed by atoms with Crippen LogP contribution in [0.3, 0.4) is 0 Å². The van der Waals surface area contributed by atoms with Crippen LogP contribution in [0.4, 0.5) is 11.4 Å². The normalized spacial score (nSPS) is 11.2. The molecule has 0 unspecified atom stereocenters. The smallest absolute Gasteiger partial charge is 0.264 e. The van der Waals surface area contributed by atoms with Gasteiger partial charge >= 0.3 is 0 Å². The molecule has 2 aromatic rings. The Morgan fingerprint density at radius 3 is 2.14 bits per heavy atom. The Balaban J connectivity index is 2.41. The molecule has 6 heteroatoms. The lowest BCUT2D eigenvalue weighted by atomic mass is 10.1. The summed E-state index contributed by atoms with van der Waals surface area (Å²) in [6.07, 6.45) is 0. The van der Waals surface area contributed by atoms with Gasteiger partial charge < -0.3 is 10.5 Å². The van der Waals surface area contributed by atoms with Crippen LogP contribution in [0.25, 0.3) is 0 Å². The number of sulfonamides is 1. The molecule has 0 aromatic heterocycles. The van der Waals surface area contributed by atoms with Crippen LogP contribution >= 0.6 is 0 Å². The highest BCUT2D eigenvalue weighted by Gasteiger charge is 2.21. The zero-order valence-corrected chi connectivity index (χ0v) is 13.0. The van der Waals surface area contributed by atoms with Crippen molar-refractivity contribution in [3.63, 3.8) is 0 Å².